The highest BCUT2D eigenvalue weighted by Gasteiger charge is 2.41. The molecule has 1 N–H and O–H groups in total. The minimum atomic E-state index is -2.65. The normalized spacial score (nSPS) is 11.2. The van der Waals surface area contributed by atoms with Crippen LogP contribution in [0.15, 0.2) is 188 Å². The summed E-state index contributed by atoms with van der Waals surface area (Å²) in [6.45, 7) is 0. The fourth-order valence-corrected chi connectivity index (χ4v) is 11.0. The molecular formula is C41H32N2Si. The lowest BCUT2D eigenvalue weighted by molar-refractivity contribution is 1.32. The lowest BCUT2D eigenvalue weighted by atomic mass is 10.1. The minimum Gasteiger partial charge on any atom is -0.354 e. The van der Waals surface area contributed by atoms with E-state index in [-0.39, 0.29) is 0 Å². The van der Waals surface area contributed by atoms with Gasteiger partial charge in [0.2, 0.25) is 0 Å². The van der Waals surface area contributed by atoms with Crippen molar-refractivity contribution >= 4 is 40.2 Å². The molecule has 0 fully saturated rings. The first-order chi connectivity index (χ1) is 21.8. The molecule has 0 aliphatic heterocycles. The number of aromatic nitrogens is 1. The Morgan fingerprint density at radius 2 is 0.818 bits per heavy atom. The van der Waals surface area contributed by atoms with Gasteiger partial charge in [-0.2, -0.15) is 0 Å². The lowest BCUT2D eigenvalue weighted by Gasteiger charge is -2.34. The van der Waals surface area contributed by atoms with Gasteiger partial charge >= 0.3 is 0 Å². The molecule has 0 unspecified atom stereocenters. The van der Waals surface area contributed by atoms with E-state index in [0.29, 0.717) is 0 Å². The maximum Gasteiger partial charge on any atom is 0.179 e. The van der Waals surface area contributed by atoms with Crippen LogP contribution in [0.4, 0.5) is 11.4 Å². The van der Waals surface area contributed by atoms with Gasteiger partial charge in [0.05, 0.1) is 11.9 Å². The fraction of sp³-hybridized carbons (Fsp3) is 0. The second-order valence-corrected chi connectivity index (χ2v) is 14.7. The molecule has 210 valence electrons. The Labute approximate surface area is 260 Å². The average molecular weight is 581 g/mol. The summed E-state index contributed by atoms with van der Waals surface area (Å²) in [6.07, 6.45) is 3.76. The molecule has 0 saturated heterocycles. The number of hydrogen-bond donors (Lipinski definition) is 1. The summed E-state index contributed by atoms with van der Waals surface area (Å²) in [6, 6.07) is 63.6. The maximum atomic E-state index is 4.42. The number of rotatable bonds is 8. The van der Waals surface area contributed by atoms with Crippen molar-refractivity contribution in [1.82, 2.24) is 4.98 Å². The molecule has 0 saturated carbocycles. The van der Waals surface area contributed by atoms with Crippen LogP contribution in [0.3, 0.4) is 0 Å². The summed E-state index contributed by atoms with van der Waals surface area (Å²) in [5.41, 5.74) is 6.75. The second-order valence-electron chi connectivity index (χ2n) is 10.9. The van der Waals surface area contributed by atoms with E-state index in [2.05, 4.69) is 168 Å². The Hall–Kier alpha value is -5.51. The van der Waals surface area contributed by atoms with Gasteiger partial charge in [0.1, 0.15) is 0 Å². The molecule has 6 aromatic carbocycles. The van der Waals surface area contributed by atoms with E-state index >= 15 is 0 Å². The van der Waals surface area contributed by atoms with Crippen LogP contribution in [0.1, 0.15) is 0 Å². The molecule has 0 amide bonds. The smallest absolute Gasteiger partial charge is 0.179 e. The van der Waals surface area contributed by atoms with Crippen molar-refractivity contribution in [3.8, 4) is 22.3 Å². The first-order valence-electron chi connectivity index (χ1n) is 15.0. The minimum absolute atomic E-state index is 0.984. The molecule has 2 nitrogen and oxygen atoms in total. The molecule has 0 aliphatic carbocycles. The monoisotopic (exact) mass is 580 g/mol. The van der Waals surface area contributed by atoms with E-state index in [9.17, 15) is 0 Å². The highest BCUT2D eigenvalue weighted by Crippen LogP contribution is 2.29. The van der Waals surface area contributed by atoms with Crippen LogP contribution >= 0.6 is 0 Å². The number of para-hydroxylation sites is 1. The second kappa shape index (κ2) is 12.4. The summed E-state index contributed by atoms with van der Waals surface area (Å²) < 4.78 is 0. The molecule has 0 aliphatic rings. The van der Waals surface area contributed by atoms with Gasteiger partial charge in [0, 0.05) is 17.4 Å². The first-order valence-corrected chi connectivity index (χ1v) is 17.0. The molecule has 0 spiro atoms. The third-order valence-corrected chi connectivity index (χ3v) is 13.1. The summed E-state index contributed by atoms with van der Waals surface area (Å²) in [7, 11) is -2.65. The highest BCUT2D eigenvalue weighted by molar-refractivity contribution is 7.19. The number of pyridine rings is 1. The summed E-state index contributed by atoms with van der Waals surface area (Å²) >= 11 is 0. The van der Waals surface area contributed by atoms with Crippen LogP contribution in [0.2, 0.25) is 0 Å². The van der Waals surface area contributed by atoms with Crippen LogP contribution in [0, 0.1) is 0 Å². The molecule has 0 radical (unpaired) electrons. The topological polar surface area (TPSA) is 24.9 Å². The number of anilines is 2. The number of nitrogens with zero attached hydrogens (tertiary/aromatic N) is 1. The molecule has 1 aromatic heterocycles. The van der Waals surface area contributed by atoms with Gasteiger partial charge in [0.25, 0.3) is 0 Å². The molecule has 7 rings (SSSR count). The van der Waals surface area contributed by atoms with Gasteiger partial charge in [0.15, 0.2) is 8.07 Å². The predicted octanol–water partition coefficient (Wildman–Crippen LogP) is 7.54. The van der Waals surface area contributed by atoms with Crippen LogP contribution in [0.5, 0.6) is 0 Å². The van der Waals surface area contributed by atoms with Crippen molar-refractivity contribution < 1.29 is 0 Å². The Morgan fingerprint density at radius 1 is 0.386 bits per heavy atom. The number of hydrogen-bond acceptors (Lipinski definition) is 2. The standard InChI is InChI=1S/C41H32N2Si/c1-5-13-32(14-6-1)33-21-25-38(26-22-33)44(36-17-9-3-10-18-36,37-19-11-4-12-20-37)39-27-23-34(24-28-39)40-29-30-42-31-41(40)43-35-15-7-2-8-16-35/h1-31,43H. The Bertz CT molecular complexity index is 1900. The van der Waals surface area contributed by atoms with E-state index in [1.807, 2.05) is 30.6 Å². The molecule has 1 heterocycles. The Morgan fingerprint density at radius 3 is 1.36 bits per heavy atom. The van der Waals surface area contributed by atoms with Crippen LogP contribution in [-0.4, -0.2) is 13.1 Å². The average Bonchev–Trinajstić information content (AvgIpc) is 3.11. The van der Waals surface area contributed by atoms with Crippen molar-refractivity contribution in [2.75, 3.05) is 5.32 Å². The van der Waals surface area contributed by atoms with Gasteiger partial charge in [-0.1, -0.05) is 158 Å². The number of benzene rings is 6. The third-order valence-electron chi connectivity index (χ3n) is 8.34. The summed E-state index contributed by atoms with van der Waals surface area (Å²) in [5, 5.41) is 8.99. The van der Waals surface area contributed by atoms with Crippen molar-refractivity contribution in [3.63, 3.8) is 0 Å². The summed E-state index contributed by atoms with van der Waals surface area (Å²) in [5.74, 6) is 0. The van der Waals surface area contributed by atoms with Crippen molar-refractivity contribution in [2.45, 2.75) is 0 Å². The lowest BCUT2D eigenvalue weighted by Crippen LogP contribution is -2.74. The zero-order valence-corrected chi connectivity index (χ0v) is 25.3. The molecule has 0 atom stereocenters. The first kappa shape index (κ1) is 27.3. The zero-order chi connectivity index (χ0) is 29.6. The largest absolute Gasteiger partial charge is 0.354 e. The molecule has 44 heavy (non-hydrogen) atoms. The van der Waals surface area contributed by atoms with Crippen LogP contribution < -0.4 is 26.1 Å². The SMILES string of the molecule is c1ccc(Nc2cnccc2-c2ccc([Si](c3ccccc3)(c3ccccc3)c3ccc(-c4ccccc4)cc3)cc2)cc1. The van der Waals surface area contributed by atoms with E-state index in [1.54, 1.807) is 0 Å². The zero-order valence-electron chi connectivity index (χ0n) is 24.3. The van der Waals surface area contributed by atoms with Crippen LogP contribution in [0.25, 0.3) is 22.3 Å². The van der Waals surface area contributed by atoms with E-state index in [0.717, 1.165) is 22.5 Å². The van der Waals surface area contributed by atoms with Gasteiger partial charge in [-0.15, -0.1) is 0 Å². The maximum absolute atomic E-state index is 4.42. The van der Waals surface area contributed by atoms with Gasteiger partial charge in [-0.3, -0.25) is 4.98 Å². The van der Waals surface area contributed by atoms with Crippen molar-refractivity contribution in [3.05, 3.63) is 188 Å². The van der Waals surface area contributed by atoms with Crippen LogP contribution in [-0.2, 0) is 0 Å². The quantitative estimate of drug-likeness (QED) is 0.148. The summed E-state index contributed by atoms with van der Waals surface area (Å²) in [4.78, 5) is 4.42. The fourth-order valence-electron chi connectivity index (χ4n) is 6.24. The molecule has 3 heteroatoms. The van der Waals surface area contributed by atoms with Crippen molar-refractivity contribution in [2.24, 2.45) is 0 Å². The van der Waals surface area contributed by atoms with Gasteiger partial charge in [-0.25, -0.2) is 0 Å². The third kappa shape index (κ3) is 5.26. The predicted molar refractivity (Wildman–Crippen MR) is 188 cm³/mol. The highest BCUT2D eigenvalue weighted by atomic mass is 28.3. The van der Waals surface area contributed by atoms with Gasteiger partial charge in [-0.05, 0) is 55.6 Å². The van der Waals surface area contributed by atoms with E-state index in [1.165, 1.54) is 31.9 Å². The molecular weight excluding hydrogens is 549 g/mol. The van der Waals surface area contributed by atoms with Crippen molar-refractivity contribution in [1.29, 1.82) is 0 Å². The number of nitrogens with one attached hydrogen (secondary N) is 1. The van der Waals surface area contributed by atoms with E-state index < -0.39 is 8.07 Å². The van der Waals surface area contributed by atoms with Gasteiger partial charge < -0.3 is 5.32 Å². The molecule has 7 aromatic rings. The van der Waals surface area contributed by atoms with E-state index in [4.69, 9.17) is 0 Å². The molecule has 0 bridgehead atoms. The Kier molecular flexibility index (Phi) is 7.69. The Balaban J connectivity index is 1.38.